The lowest BCUT2D eigenvalue weighted by Crippen LogP contribution is -2.19. The number of nitrogens with zero attached hydrogens (tertiary/aromatic N) is 2. The molecule has 0 bridgehead atoms. The summed E-state index contributed by atoms with van der Waals surface area (Å²) in [6, 6.07) is 18.3. The fraction of sp³-hybridized carbons (Fsp3) is 0.154. The Morgan fingerprint density at radius 2 is 1.53 bits per heavy atom. The summed E-state index contributed by atoms with van der Waals surface area (Å²) in [4.78, 5) is 18.3. The number of aliphatic imine (C=N–C) groups is 1. The Morgan fingerprint density at radius 3 is 2.15 bits per heavy atom. The Balaban J connectivity index is 1.92. The highest BCUT2D eigenvalue weighted by atomic mass is 19.1. The highest BCUT2D eigenvalue weighted by Gasteiger charge is 2.20. The van der Waals surface area contributed by atoms with Crippen molar-refractivity contribution in [2.45, 2.75) is 6.92 Å². The van der Waals surface area contributed by atoms with E-state index >= 15 is 0 Å². The third kappa shape index (κ3) is 4.43. The predicted molar refractivity (Wildman–Crippen MR) is 130 cm³/mol. The average molecular weight is 461 g/mol. The standard InChI is InChI=1S/C26H24FN3O4/c1-16(28-22-15-21(33-3)13-14-23(22)34-4)24-25(17-5-11-20(32-2)12-6-17)29-30(26(24)31)19-9-7-18(27)8-10-19/h5-15,29H,1-4H3. The van der Waals surface area contributed by atoms with Crippen LogP contribution >= 0.6 is 0 Å². The second-order valence-corrected chi connectivity index (χ2v) is 7.44. The van der Waals surface area contributed by atoms with Gasteiger partial charge in [-0.2, -0.15) is 0 Å². The van der Waals surface area contributed by atoms with Crippen molar-refractivity contribution in [3.63, 3.8) is 0 Å². The minimum Gasteiger partial charge on any atom is -0.497 e. The molecule has 8 heteroatoms. The summed E-state index contributed by atoms with van der Waals surface area (Å²) in [5, 5.41) is 3.16. The molecule has 0 aliphatic carbocycles. The van der Waals surface area contributed by atoms with Crippen molar-refractivity contribution < 1.29 is 18.6 Å². The first-order chi connectivity index (χ1) is 16.4. The van der Waals surface area contributed by atoms with Gasteiger partial charge in [0.25, 0.3) is 5.56 Å². The molecule has 1 aromatic heterocycles. The number of aromatic amines is 1. The Morgan fingerprint density at radius 1 is 0.882 bits per heavy atom. The first-order valence-electron chi connectivity index (χ1n) is 10.5. The minimum atomic E-state index is -0.387. The lowest BCUT2D eigenvalue weighted by Gasteiger charge is -2.08. The normalized spacial score (nSPS) is 11.4. The predicted octanol–water partition coefficient (Wildman–Crippen LogP) is 5.14. The lowest BCUT2D eigenvalue weighted by atomic mass is 10.0. The van der Waals surface area contributed by atoms with E-state index in [0.29, 0.717) is 45.6 Å². The van der Waals surface area contributed by atoms with Crippen LogP contribution < -0.4 is 19.8 Å². The van der Waals surface area contributed by atoms with Crippen molar-refractivity contribution >= 4 is 11.4 Å². The number of aromatic nitrogens is 2. The minimum absolute atomic E-state index is 0.319. The van der Waals surface area contributed by atoms with Crippen LogP contribution in [0.5, 0.6) is 17.2 Å². The number of halogens is 1. The molecule has 1 N–H and O–H groups in total. The van der Waals surface area contributed by atoms with E-state index in [1.807, 2.05) is 24.3 Å². The van der Waals surface area contributed by atoms with E-state index in [2.05, 4.69) is 5.10 Å². The van der Waals surface area contributed by atoms with Crippen molar-refractivity contribution in [3.8, 4) is 34.2 Å². The lowest BCUT2D eigenvalue weighted by molar-refractivity contribution is 0.404. The number of benzene rings is 3. The molecular formula is C26H24FN3O4. The van der Waals surface area contributed by atoms with E-state index in [9.17, 15) is 9.18 Å². The SMILES string of the molecule is COc1ccc(-c2[nH]n(-c3ccc(F)cc3)c(=O)c2C(C)=Nc2cc(OC)ccc2OC)cc1. The summed E-state index contributed by atoms with van der Waals surface area (Å²) < 4.78 is 30.9. The number of rotatable bonds is 7. The molecule has 0 fully saturated rings. The van der Waals surface area contributed by atoms with Crippen molar-refractivity contribution in [1.82, 2.24) is 9.78 Å². The molecule has 34 heavy (non-hydrogen) atoms. The van der Waals surface area contributed by atoms with E-state index in [1.54, 1.807) is 46.5 Å². The van der Waals surface area contributed by atoms with Gasteiger partial charge in [-0.25, -0.2) is 14.1 Å². The Hall–Kier alpha value is -4.33. The third-order valence-electron chi connectivity index (χ3n) is 5.39. The summed E-state index contributed by atoms with van der Waals surface area (Å²) in [5.41, 5.74) is 2.88. The molecule has 0 amide bonds. The largest absolute Gasteiger partial charge is 0.497 e. The Bertz CT molecular complexity index is 1390. The molecule has 0 spiro atoms. The zero-order chi connectivity index (χ0) is 24.2. The summed E-state index contributed by atoms with van der Waals surface area (Å²) in [6.45, 7) is 1.76. The van der Waals surface area contributed by atoms with Gasteiger partial charge in [0.2, 0.25) is 0 Å². The first-order valence-corrected chi connectivity index (χ1v) is 10.5. The van der Waals surface area contributed by atoms with E-state index < -0.39 is 0 Å². The highest BCUT2D eigenvalue weighted by Crippen LogP contribution is 2.33. The summed E-state index contributed by atoms with van der Waals surface area (Å²) in [5.74, 6) is 1.46. The molecule has 7 nitrogen and oxygen atoms in total. The third-order valence-corrected chi connectivity index (χ3v) is 5.39. The van der Waals surface area contributed by atoms with E-state index in [4.69, 9.17) is 19.2 Å². The van der Waals surface area contributed by atoms with Gasteiger partial charge in [0.05, 0.1) is 44.0 Å². The van der Waals surface area contributed by atoms with Gasteiger partial charge in [-0.05, 0) is 67.6 Å². The van der Waals surface area contributed by atoms with Gasteiger partial charge in [-0.15, -0.1) is 0 Å². The van der Waals surface area contributed by atoms with Gasteiger partial charge in [0.15, 0.2) is 0 Å². The van der Waals surface area contributed by atoms with Crippen LogP contribution in [0, 0.1) is 5.82 Å². The van der Waals surface area contributed by atoms with E-state index in [1.165, 1.54) is 28.9 Å². The van der Waals surface area contributed by atoms with Crippen molar-refractivity contribution in [3.05, 3.63) is 88.5 Å². The molecule has 0 unspecified atom stereocenters. The van der Waals surface area contributed by atoms with Crippen LogP contribution in [0.2, 0.25) is 0 Å². The second-order valence-electron chi connectivity index (χ2n) is 7.44. The average Bonchev–Trinajstić information content (AvgIpc) is 3.21. The van der Waals surface area contributed by atoms with Gasteiger partial charge in [-0.3, -0.25) is 9.89 Å². The van der Waals surface area contributed by atoms with E-state index in [-0.39, 0.29) is 11.4 Å². The maximum Gasteiger partial charge on any atom is 0.280 e. The molecule has 1 heterocycles. The van der Waals surface area contributed by atoms with Crippen LogP contribution in [0.15, 0.2) is 76.5 Å². The molecule has 174 valence electrons. The van der Waals surface area contributed by atoms with Crippen LogP contribution in [0.4, 0.5) is 10.1 Å². The molecule has 4 aromatic rings. The van der Waals surface area contributed by atoms with Gasteiger partial charge >= 0.3 is 0 Å². The molecule has 4 rings (SSSR count). The van der Waals surface area contributed by atoms with Crippen LogP contribution in [-0.2, 0) is 0 Å². The van der Waals surface area contributed by atoms with Gasteiger partial charge in [-0.1, -0.05) is 0 Å². The van der Waals surface area contributed by atoms with Crippen molar-refractivity contribution in [2.24, 2.45) is 4.99 Å². The molecule has 0 aliphatic rings. The molecule has 0 saturated carbocycles. The van der Waals surface area contributed by atoms with Gasteiger partial charge in [0.1, 0.15) is 28.8 Å². The number of H-pyrrole nitrogens is 1. The van der Waals surface area contributed by atoms with Crippen LogP contribution in [0.1, 0.15) is 12.5 Å². The molecular weight excluding hydrogens is 437 g/mol. The summed E-state index contributed by atoms with van der Waals surface area (Å²) >= 11 is 0. The maximum absolute atomic E-state index is 13.6. The smallest absolute Gasteiger partial charge is 0.280 e. The molecule has 0 saturated heterocycles. The van der Waals surface area contributed by atoms with Crippen molar-refractivity contribution in [2.75, 3.05) is 21.3 Å². The highest BCUT2D eigenvalue weighted by molar-refractivity contribution is 6.05. The zero-order valence-electron chi connectivity index (χ0n) is 19.3. The summed E-state index contributed by atoms with van der Waals surface area (Å²) in [6.07, 6.45) is 0. The number of ether oxygens (including phenoxy) is 3. The Labute approximate surface area is 196 Å². The second kappa shape index (κ2) is 9.66. The number of hydrogen-bond donors (Lipinski definition) is 1. The molecule has 0 aliphatic heterocycles. The van der Waals surface area contributed by atoms with Crippen LogP contribution in [0.25, 0.3) is 16.9 Å². The first kappa shape index (κ1) is 22.8. The fourth-order valence-electron chi connectivity index (χ4n) is 3.63. The maximum atomic E-state index is 13.6. The molecule has 0 radical (unpaired) electrons. The number of nitrogens with one attached hydrogen (secondary N) is 1. The monoisotopic (exact) mass is 461 g/mol. The summed E-state index contributed by atoms with van der Waals surface area (Å²) in [7, 11) is 4.71. The fourth-order valence-corrected chi connectivity index (χ4v) is 3.63. The number of hydrogen-bond acceptors (Lipinski definition) is 5. The zero-order valence-corrected chi connectivity index (χ0v) is 19.3. The van der Waals surface area contributed by atoms with Crippen LogP contribution in [0.3, 0.4) is 0 Å². The van der Waals surface area contributed by atoms with Crippen LogP contribution in [-0.4, -0.2) is 36.8 Å². The topological polar surface area (TPSA) is 77.8 Å². The molecule has 3 aromatic carbocycles. The quantitative estimate of drug-likeness (QED) is 0.387. The van der Waals surface area contributed by atoms with Crippen molar-refractivity contribution in [1.29, 1.82) is 0 Å². The van der Waals surface area contributed by atoms with Gasteiger partial charge < -0.3 is 14.2 Å². The van der Waals surface area contributed by atoms with E-state index in [0.717, 1.165) is 5.56 Å². The van der Waals surface area contributed by atoms with Gasteiger partial charge in [0, 0.05) is 11.6 Å². The Kier molecular flexibility index (Phi) is 6.49. The number of methoxy groups -OCH3 is 3. The molecule has 0 atom stereocenters.